The molecule has 0 N–H and O–H groups in total. The normalized spacial score (nSPS) is 14.5. The monoisotopic (exact) mass is 429 g/mol. The summed E-state index contributed by atoms with van der Waals surface area (Å²) in [7, 11) is 0. The molecule has 0 spiro atoms. The summed E-state index contributed by atoms with van der Waals surface area (Å²) in [5.74, 6) is 0.212. The van der Waals surface area contributed by atoms with Crippen molar-refractivity contribution in [3.05, 3.63) is 69.6 Å². The number of carbonyl (C=O) groups is 2. The van der Waals surface area contributed by atoms with E-state index in [0.29, 0.717) is 15.5 Å². The number of halogens is 1. The van der Waals surface area contributed by atoms with E-state index in [1.54, 1.807) is 12.1 Å². The first-order chi connectivity index (χ1) is 13.8. The molecule has 4 nitrogen and oxygen atoms in total. The van der Waals surface area contributed by atoms with Gasteiger partial charge >= 0.3 is 0 Å². The van der Waals surface area contributed by atoms with Gasteiger partial charge in [-0.15, -0.1) is 11.8 Å². The van der Waals surface area contributed by atoms with E-state index in [1.807, 2.05) is 64.1 Å². The second-order valence-electron chi connectivity index (χ2n) is 7.38. The molecular weight excluding hydrogens is 406 g/mol. The number of nitrogens with zero attached hydrogens (tertiary/aromatic N) is 1. The van der Waals surface area contributed by atoms with E-state index >= 15 is 0 Å². The number of amides is 2. The number of rotatable bonds is 7. The van der Waals surface area contributed by atoms with Crippen molar-refractivity contribution in [2.45, 2.75) is 45.6 Å². The zero-order chi connectivity index (χ0) is 21.1. The minimum atomic E-state index is -0.273. The van der Waals surface area contributed by atoms with Gasteiger partial charge in [-0.2, -0.15) is 0 Å². The Kier molecular flexibility index (Phi) is 6.70. The topological polar surface area (TPSA) is 46.6 Å². The lowest BCUT2D eigenvalue weighted by molar-refractivity contribution is -0.137. The van der Waals surface area contributed by atoms with Gasteiger partial charge in [0, 0.05) is 10.3 Å². The first-order valence-electron chi connectivity index (χ1n) is 9.55. The molecule has 1 aliphatic heterocycles. The molecule has 0 saturated heterocycles. The number of ether oxygens (including phenoxy) is 1. The summed E-state index contributed by atoms with van der Waals surface area (Å²) < 4.78 is 5.69. The molecule has 0 unspecified atom stereocenters. The summed E-state index contributed by atoms with van der Waals surface area (Å²) in [6.45, 7) is 8.15. The Bertz CT molecular complexity index is 934. The number of thioether (sulfide) groups is 1. The second kappa shape index (κ2) is 9.06. The maximum Gasteiger partial charge on any atom is 0.268 e. The maximum atomic E-state index is 13.2. The van der Waals surface area contributed by atoms with Crippen LogP contribution >= 0.6 is 23.4 Å². The summed E-state index contributed by atoms with van der Waals surface area (Å²) in [5, 5.41) is 0.794. The largest absolute Gasteiger partial charge is 0.491 e. The van der Waals surface area contributed by atoms with Crippen molar-refractivity contribution in [1.29, 1.82) is 0 Å². The number of hydrogen-bond acceptors (Lipinski definition) is 4. The molecule has 3 rings (SSSR count). The molecule has 2 amide bonds. The third-order valence-corrected chi connectivity index (χ3v) is 5.59. The highest BCUT2D eigenvalue weighted by Gasteiger charge is 2.39. The van der Waals surface area contributed by atoms with Crippen LogP contribution in [0.25, 0.3) is 5.57 Å². The van der Waals surface area contributed by atoms with Gasteiger partial charge in [-0.05, 0) is 49.2 Å². The molecule has 0 radical (unpaired) electrons. The van der Waals surface area contributed by atoms with E-state index in [0.717, 1.165) is 16.9 Å². The molecule has 2 aromatic rings. The van der Waals surface area contributed by atoms with E-state index in [2.05, 4.69) is 0 Å². The molecule has 152 valence electrons. The Morgan fingerprint density at radius 1 is 0.931 bits per heavy atom. The van der Waals surface area contributed by atoms with Crippen LogP contribution in [0, 0.1) is 0 Å². The average molecular weight is 430 g/mol. The quantitative estimate of drug-likeness (QED) is 0.541. The summed E-state index contributed by atoms with van der Waals surface area (Å²) in [4.78, 5) is 28.1. The molecule has 0 bridgehead atoms. The Balaban J connectivity index is 1.93. The highest BCUT2D eigenvalue weighted by atomic mass is 35.5. The van der Waals surface area contributed by atoms with E-state index < -0.39 is 0 Å². The van der Waals surface area contributed by atoms with Gasteiger partial charge < -0.3 is 4.74 Å². The van der Waals surface area contributed by atoms with Gasteiger partial charge in [0.1, 0.15) is 5.75 Å². The lowest BCUT2D eigenvalue weighted by atomic mass is 10.1. The predicted molar refractivity (Wildman–Crippen MR) is 119 cm³/mol. The van der Waals surface area contributed by atoms with Crippen LogP contribution < -0.4 is 4.74 Å². The molecule has 29 heavy (non-hydrogen) atoms. The van der Waals surface area contributed by atoms with Crippen molar-refractivity contribution in [1.82, 2.24) is 4.90 Å². The van der Waals surface area contributed by atoms with E-state index in [4.69, 9.17) is 16.3 Å². The zero-order valence-electron chi connectivity index (χ0n) is 16.9. The van der Waals surface area contributed by atoms with Gasteiger partial charge in [0.2, 0.25) is 0 Å². The lowest BCUT2D eigenvalue weighted by Gasteiger charge is -2.15. The first kappa shape index (κ1) is 21.5. The SMILES string of the molecule is CC(C)Oc1ccc(C2=C(SC(C)C)C(=O)N(Cc3ccc(Cl)cc3)C2=O)cc1. The average Bonchev–Trinajstić information content (AvgIpc) is 2.88. The van der Waals surface area contributed by atoms with Crippen molar-refractivity contribution in [2.24, 2.45) is 0 Å². The van der Waals surface area contributed by atoms with Crippen molar-refractivity contribution in [3.8, 4) is 5.75 Å². The fourth-order valence-electron chi connectivity index (χ4n) is 3.04. The van der Waals surface area contributed by atoms with Gasteiger partial charge in [-0.1, -0.05) is 49.7 Å². The molecule has 0 fully saturated rings. The molecule has 1 heterocycles. The standard InChI is InChI=1S/C23H24ClNO3S/c1-14(2)28-19-11-7-17(8-12-19)20-21(29-15(3)4)23(27)25(22(20)26)13-16-5-9-18(24)10-6-16/h5-12,14-15H,13H2,1-4H3. The Hall–Kier alpha value is -2.24. The summed E-state index contributed by atoms with van der Waals surface area (Å²) in [5.41, 5.74) is 2.03. The molecule has 6 heteroatoms. The third kappa shape index (κ3) is 5.03. The van der Waals surface area contributed by atoms with Crippen molar-refractivity contribution < 1.29 is 14.3 Å². The van der Waals surface area contributed by atoms with Crippen LogP contribution in [0.15, 0.2) is 53.4 Å². The third-order valence-electron chi connectivity index (χ3n) is 4.25. The predicted octanol–water partition coefficient (Wildman–Crippen LogP) is 5.55. The van der Waals surface area contributed by atoms with E-state index in [-0.39, 0.29) is 29.7 Å². The second-order valence-corrected chi connectivity index (χ2v) is 9.41. The molecule has 1 aliphatic rings. The molecule has 0 aliphatic carbocycles. The van der Waals surface area contributed by atoms with Gasteiger partial charge in [0.05, 0.1) is 23.1 Å². The van der Waals surface area contributed by atoms with Gasteiger partial charge in [-0.25, -0.2) is 0 Å². The summed E-state index contributed by atoms with van der Waals surface area (Å²) >= 11 is 7.37. The van der Waals surface area contributed by atoms with Crippen LogP contribution in [0.1, 0.15) is 38.8 Å². The first-order valence-corrected chi connectivity index (χ1v) is 10.8. The van der Waals surface area contributed by atoms with Crippen LogP contribution in [-0.2, 0) is 16.1 Å². The van der Waals surface area contributed by atoms with Crippen LogP contribution in [0.2, 0.25) is 5.02 Å². The van der Waals surface area contributed by atoms with Crippen molar-refractivity contribution in [2.75, 3.05) is 0 Å². The molecule has 2 aromatic carbocycles. The van der Waals surface area contributed by atoms with Crippen molar-refractivity contribution >= 4 is 40.8 Å². The van der Waals surface area contributed by atoms with Crippen LogP contribution in [0.4, 0.5) is 0 Å². The highest BCUT2D eigenvalue weighted by molar-refractivity contribution is 8.04. The van der Waals surface area contributed by atoms with E-state index in [1.165, 1.54) is 16.7 Å². The zero-order valence-corrected chi connectivity index (χ0v) is 18.5. The number of imide groups is 1. The lowest BCUT2D eigenvalue weighted by Crippen LogP contribution is -2.31. The molecular formula is C23H24ClNO3S. The number of carbonyl (C=O) groups excluding carboxylic acids is 2. The molecule has 0 saturated carbocycles. The van der Waals surface area contributed by atoms with E-state index in [9.17, 15) is 9.59 Å². The Morgan fingerprint density at radius 2 is 1.55 bits per heavy atom. The minimum absolute atomic E-state index is 0.0664. The number of benzene rings is 2. The summed E-state index contributed by atoms with van der Waals surface area (Å²) in [6.07, 6.45) is 0.0664. The fourth-order valence-corrected chi connectivity index (χ4v) is 4.17. The maximum absolute atomic E-state index is 13.2. The van der Waals surface area contributed by atoms with Crippen LogP contribution in [-0.4, -0.2) is 28.1 Å². The van der Waals surface area contributed by atoms with Gasteiger partial charge in [0.15, 0.2) is 0 Å². The van der Waals surface area contributed by atoms with Crippen molar-refractivity contribution in [3.63, 3.8) is 0 Å². The molecule has 0 atom stereocenters. The highest BCUT2D eigenvalue weighted by Crippen LogP contribution is 2.39. The van der Waals surface area contributed by atoms with Crippen LogP contribution in [0.5, 0.6) is 5.75 Å². The molecule has 0 aromatic heterocycles. The Labute approximate surface area is 180 Å². The summed E-state index contributed by atoms with van der Waals surface area (Å²) in [6, 6.07) is 14.5. The van der Waals surface area contributed by atoms with Gasteiger partial charge in [0.25, 0.3) is 11.8 Å². The Morgan fingerprint density at radius 3 is 2.10 bits per heavy atom. The number of hydrogen-bond donors (Lipinski definition) is 0. The van der Waals surface area contributed by atoms with Crippen LogP contribution in [0.3, 0.4) is 0 Å². The van der Waals surface area contributed by atoms with Gasteiger partial charge in [-0.3, -0.25) is 14.5 Å². The fraction of sp³-hybridized carbons (Fsp3) is 0.304. The smallest absolute Gasteiger partial charge is 0.268 e. The minimum Gasteiger partial charge on any atom is -0.491 e.